The summed E-state index contributed by atoms with van der Waals surface area (Å²) in [5.74, 6) is 0.573. The molecule has 0 saturated heterocycles. The molecule has 1 aliphatic carbocycles. The van der Waals surface area contributed by atoms with Crippen molar-refractivity contribution >= 4 is 21.6 Å². The van der Waals surface area contributed by atoms with Crippen molar-refractivity contribution in [2.75, 3.05) is 0 Å². The van der Waals surface area contributed by atoms with Gasteiger partial charge in [0.1, 0.15) is 0 Å². The molecule has 1 aromatic rings. The molecule has 1 fully saturated rings. The second-order valence-electron chi connectivity index (χ2n) is 5.62. The van der Waals surface area contributed by atoms with E-state index in [2.05, 4.69) is 28.9 Å². The number of rotatable bonds is 4. The van der Waals surface area contributed by atoms with Gasteiger partial charge in [-0.2, -0.15) is 5.26 Å². The SMILES string of the molecule is CCC1CCC(C#N)(Cc2ccc(Br)cc2[N+](=O)[O-])C1. The summed E-state index contributed by atoms with van der Waals surface area (Å²) >= 11 is 3.26. The third kappa shape index (κ3) is 3.01. The fourth-order valence-electron chi connectivity index (χ4n) is 3.11. The van der Waals surface area contributed by atoms with Crippen LogP contribution in [0.5, 0.6) is 0 Å². The van der Waals surface area contributed by atoms with E-state index in [4.69, 9.17) is 0 Å². The standard InChI is InChI=1S/C15H17BrN2O2/c1-2-11-5-6-15(8-11,10-17)9-12-3-4-13(16)7-14(12)18(19)20/h3-4,7,11H,2,5-6,8-9H2,1H3. The predicted octanol–water partition coefficient (Wildman–Crippen LogP) is 4.62. The maximum absolute atomic E-state index is 11.2. The van der Waals surface area contributed by atoms with Gasteiger partial charge < -0.3 is 0 Å². The molecule has 2 unspecified atom stereocenters. The molecule has 0 heterocycles. The van der Waals surface area contributed by atoms with Gasteiger partial charge in [-0.3, -0.25) is 10.1 Å². The third-order valence-corrected chi connectivity index (χ3v) is 4.79. The van der Waals surface area contributed by atoms with Crippen molar-refractivity contribution in [3.8, 4) is 6.07 Å². The average molecular weight is 337 g/mol. The zero-order valence-electron chi connectivity index (χ0n) is 11.4. The smallest absolute Gasteiger partial charge is 0.258 e. The van der Waals surface area contributed by atoms with Gasteiger partial charge in [-0.1, -0.05) is 35.3 Å². The highest BCUT2D eigenvalue weighted by molar-refractivity contribution is 9.10. The summed E-state index contributed by atoms with van der Waals surface area (Å²) in [5, 5.41) is 20.7. The Labute approximate surface area is 127 Å². The van der Waals surface area contributed by atoms with Crippen LogP contribution in [0.1, 0.15) is 38.2 Å². The van der Waals surface area contributed by atoms with Crippen molar-refractivity contribution in [3.63, 3.8) is 0 Å². The van der Waals surface area contributed by atoms with Gasteiger partial charge in [-0.25, -0.2) is 0 Å². The predicted molar refractivity (Wildman–Crippen MR) is 80.2 cm³/mol. The van der Waals surface area contributed by atoms with Gasteiger partial charge in [0.15, 0.2) is 0 Å². The Hall–Kier alpha value is -1.41. The van der Waals surface area contributed by atoms with Gasteiger partial charge in [0.25, 0.3) is 5.69 Å². The fourth-order valence-corrected chi connectivity index (χ4v) is 3.46. The number of nitro benzene ring substituents is 1. The average Bonchev–Trinajstić information content (AvgIpc) is 2.85. The molecule has 2 atom stereocenters. The first-order valence-corrected chi connectivity index (χ1v) is 7.63. The number of hydrogen-bond donors (Lipinski definition) is 0. The van der Waals surface area contributed by atoms with Crippen LogP contribution in [0.15, 0.2) is 22.7 Å². The number of hydrogen-bond acceptors (Lipinski definition) is 3. The first-order valence-electron chi connectivity index (χ1n) is 6.84. The van der Waals surface area contributed by atoms with Gasteiger partial charge in [0, 0.05) is 16.1 Å². The molecule has 0 N–H and O–H groups in total. The van der Waals surface area contributed by atoms with Crippen LogP contribution in [0.3, 0.4) is 0 Å². The maximum atomic E-state index is 11.2. The monoisotopic (exact) mass is 336 g/mol. The van der Waals surface area contributed by atoms with Crippen molar-refractivity contribution in [1.82, 2.24) is 0 Å². The molecular formula is C15H17BrN2O2. The first-order chi connectivity index (χ1) is 9.49. The van der Waals surface area contributed by atoms with Gasteiger partial charge >= 0.3 is 0 Å². The van der Waals surface area contributed by atoms with E-state index >= 15 is 0 Å². The van der Waals surface area contributed by atoms with Gasteiger partial charge in [-0.15, -0.1) is 0 Å². The third-order valence-electron chi connectivity index (χ3n) is 4.30. The minimum Gasteiger partial charge on any atom is -0.258 e. The largest absolute Gasteiger partial charge is 0.273 e. The molecule has 0 aliphatic heterocycles. The summed E-state index contributed by atoms with van der Waals surface area (Å²) in [6, 6.07) is 7.53. The van der Waals surface area contributed by atoms with Crippen molar-refractivity contribution in [1.29, 1.82) is 5.26 Å². The van der Waals surface area contributed by atoms with Crippen molar-refractivity contribution < 1.29 is 4.92 Å². The Morgan fingerprint density at radius 3 is 2.90 bits per heavy atom. The second kappa shape index (κ2) is 5.92. The summed E-state index contributed by atoms with van der Waals surface area (Å²) in [6.45, 7) is 2.14. The molecule has 1 aliphatic rings. The Kier molecular flexibility index (Phi) is 4.44. The summed E-state index contributed by atoms with van der Waals surface area (Å²) in [4.78, 5) is 10.8. The number of halogens is 1. The summed E-state index contributed by atoms with van der Waals surface area (Å²) in [6.07, 6.45) is 4.30. The minimum atomic E-state index is -0.431. The Morgan fingerprint density at radius 1 is 1.60 bits per heavy atom. The highest BCUT2D eigenvalue weighted by atomic mass is 79.9. The van der Waals surface area contributed by atoms with Crippen LogP contribution >= 0.6 is 15.9 Å². The van der Waals surface area contributed by atoms with Crippen LogP contribution in [0.25, 0.3) is 0 Å². The highest BCUT2D eigenvalue weighted by Gasteiger charge is 2.40. The van der Waals surface area contributed by atoms with Crippen molar-refractivity contribution in [3.05, 3.63) is 38.3 Å². The molecular weight excluding hydrogens is 320 g/mol. The molecule has 0 amide bonds. The quantitative estimate of drug-likeness (QED) is 0.595. The highest BCUT2D eigenvalue weighted by Crippen LogP contribution is 2.46. The zero-order valence-corrected chi connectivity index (χ0v) is 13.0. The van der Waals surface area contributed by atoms with Crippen molar-refractivity contribution in [2.45, 2.75) is 39.0 Å². The van der Waals surface area contributed by atoms with E-state index in [1.165, 1.54) is 6.07 Å². The van der Waals surface area contributed by atoms with Crippen LogP contribution in [0.4, 0.5) is 5.69 Å². The normalized spacial score (nSPS) is 25.4. The van der Waals surface area contributed by atoms with E-state index in [1.807, 2.05) is 0 Å². The molecule has 0 bridgehead atoms. The molecule has 0 spiro atoms. The van der Waals surface area contributed by atoms with E-state index < -0.39 is 5.41 Å². The maximum Gasteiger partial charge on any atom is 0.273 e. The van der Waals surface area contributed by atoms with E-state index in [0.717, 1.165) is 25.7 Å². The van der Waals surface area contributed by atoms with Gasteiger partial charge in [0.05, 0.1) is 16.4 Å². The van der Waals surface area contributed by atoms with E-state index in [0.29, 0.717) is 22.4 Å². The summed E-state index contributed by atoms with van der Waals surface area (Å²) in [5.41, 5.74) is 0.338. The summed E-state index contributed by atoms with van der Waals surface area (Å²) in [7, 11) is 0. The van der Waals surface area contributed by atoms with Gasteiger partial charge in [0.2, 0.25) is 0 Å². The lowest BCUT2D eigenvalue weighted by molar-refractivity contribution is -0.385. The molecule has 0 radical (unpaired) electrons. The number of nitrogens with zero attached hydrogens (tertiary/aromatic N) is 2. The van der Waals surface area contributed by atoms with Gasteiger partial charge in [-0.05, 0) is 37.7 Å². The Morgan fingerprint density at radius 2 is 2.35 bits per heavy atom. The molecule has 1 aromatic carbocycles. The topological polar surface area (TPSA) is 66.9 Å². The second-order valence-corrected chi connectivity index (χ2v) is 6.53. The molecule has 5 heteroatoms. The number of nitro groups is 1. The molecule has 20 heavy (non-hydrogen) atoms. The Bertz CT molecular complexity index is 567. The molecule has 1 saturated carbocycles. The fraction of sp³-hybridized carbons (Fsp3) is 0.533. The first kappa shape index (κ1) is 15.0. The lowest BCUT2D eigenvalue weighted by Crippen LogP contribution is -2.18. The number of benzene rings is 1. The molecule has 4 nitrogen and oxygen atoms in total. The van der Waals surface area contributed by atoms with Crippen LogP contribution in [0.2, 0.25) is 0 Å². The minimum absolute atomic E-state index is 0.106. The Balaban J connectivity index is 2.30. The van der Waals surface area contributed by atoms with Crippen LogP contribution in [-0.4, -0.2) is 4.92 Å². The van der Waals surface area contributed by atoms with E-state index in [9.17, 15) is 15.4 Å². The lowest BCUT2D eigenvalue weighted by Gasteiger charge is -2.21. The van der Waals surface area contributed by atoms with Crippen LogP contribution in [0, 0.1) is 32.8 Å². The van der Waals surface area contributed by atoms with Crippen LogP contribution in [-0.2, 0) is 6.42 Å². The molecule has 106 valence electrons. The summed E-state index contributed by atoms with van der Waals surface area (Å²) < 4.78 is 0.691. The molecule has 2 rings (SSSR count). The zero-order chi connectivity index (χ0) is 14.8. The number of nitriles is 1. The lowest BCUT2D eigenvalue weighted by atomic mass is 9.80. The van der Waals surface area contributed by atoms with Crippen LogP contribution < -0.4 is 0 Å². The molecule has 0 aromatic heterocycles. The van der Waals surface area contributed by atoms with E-state index in [-0.39, 0.29) is 10.6 Å². The van der Waals surface area contributed by atoms with Crippen molar-refractivity contribution in [2.24, 2.45) is 11.3 Å². The van der Waals surface area contributed by atoms with E-state index in [1.54, 1.807) is 12.1 Å².